The van der Waals surface area contributed by atoms with Crippen molar-refractivity contribution < 1.29 is 18.9 Å². The monoisotopic (exact) mass is 258 g/mol. The van der Waals surface area contributed by atoms with Crippen molar-refractivity contribution in [1.29, 1.82) is 0 Å². The van der Waals surface area contributed by atoms with E-state index in [0.717, 1.165) is 5.56 Å². The molecule has 2 rings (SSSR count). The molecule has 94 valence electrons. The Morgan fingerprint density at radius 1 is 1.12 bits per heavy atom. The Labute approximate surface area is 105 Å². The highest BCUT2D eigenvalue weighted by Crippen LogP contribution is 2.41. The summed E-state index contributed by atoms with van der Waals surface area (Å²) in [6.45, 7) is 2.97. The summed E-state index contributed by atoms with van der Waals surface area (Å²) in [5.41, 5.74) is 0.767. The van der Waals surface area contributed by atoms with Crippen LogP contribution < -0.4 is 9.47 Å². The summed E-state index contributed by atoms with van der Waals surface area (Å²) < 4.78 is 21.7. The number of methoxy groups -OCH3 is 2. The molecule has 1 aliphatic heterocycles. The molecule has 17 heavy (non-hydrogen) atoms. The molecule has 1 aromatic carbocycles. The lowest BCUT2D eigenvalue weighted by Crippen LogP contribution is -2.23. The second kappa shape index (κ2) is 4.72. The summed E-state index contributed by atoms with van der Waals surface area (Å²) >= 11 is 6.11. The molecule has 0 N–H and O–H groups in total. The highest BCUT2D eigenvalue weighted by molar-refractivity contribution is 6.32. The number of benzene rings is 1. The highest BCUT2D eigenvalue weighted by atomic mass is 35.5. The maximum absolute atomic E-state index is 6.11. The Hall–Kier alpha value is -0.970. The van der Waals surface area contributed by atoms with Gasteiger partial charge in [-0.2, -0.15) is 0 Å². The van der Waals surface area contributed by atoms with E-state index in [-0.39, 0.29) is 0 Å². The molecule has 0 atom stereocenters. The zero-order chi connectivity index (χ0) is 12.5. The van der Waals surface area contributed by atoms with E-state index in [4.69, 9.17) is 30.5 Å². The lowest BCUT2D eigenvalue weighted by molar-refractivity contribution is -0.150. The number of halogens is 1. The molecule has 0 saturated carbocycles. The first-order chi connectivity index (χ1) is 8.10. The Morgan fingerprint density at radius 3 is 2.24 bits per heavy atom. The smallest absolute Gasteiger partial charge is 0.195 e. The lowest BCUT2D eigenvalue weighted by atomic mass is 10.1. The van der Waals surface area contributed by atoms with Gasteiger partial charge in [-0.05, 0) is 13.0 Å². The van der Waals surface area contributed by atoms with E-state index < -0.39 is 5.79 Å². The first-order valence-electron chi connectivity index (χ1n) is 5.30. The van der Waals surface area contributed by atoms with Crippen LogP contribution in [0.15, 0.2) is 12.1 Å². The number of hydrogen-bond acceptors (Lipinski definition) is 4. The van der Waals surface area contributed by atoms with E-state index >= 15 is 0 Å². The van der Waals surface area contributed by atoms with Gasteiger partial charge in [0.05, 0.1) is 38.0 Å². The molecule has 0 aliphatic carbocycles. The van der Waals surface area contributed by atoms with Crippen molar-refractivity contribution in [3.8, 4) is 11.5 Å². The molecule has 0 bridgehead atoms. The van der Waals surface area contributed by atoms with Crippen LogP contribution in [0.1, 0.15) is 12.5 Å². The van der Waals surface area contributed by atoms with Gasteiger partial charge in [-0.3, -0.25) is 0 Å². The van der Waals surface area contributed by atoms with Gasteiger partial charge in [0.25, 0.3) is 0 Å². The van der Waals surface area contributed by atoms with Crippen molar-refractivity contribution in [2.75, 3.05) is 27.4 Å². The van der Waals surface area contributed by atoms with Crippen molar-refractivity contribution >= 4 is 11.6 Å². The van der Waals surface area contributed by atoms with Crippen LogP contribution >= 0.6 is 11.6 Å². The third kappa shape index (κ3) is 2.20. The van der Waals surface area contributed by atoms with Crippen LogP contribution in [-0.2, 0) is 15.3 Å². The summed E-state index contributed by atoms with van der Waals surface area (Å²) in [6.07, 6.45) is 0. The molecule has 0 spiro atoms. The third-order valence-electron chi connectivity index (χ3n) is 2.80. The zero-order valence-electron chi connectivity index (χ0n) is 10.1. The first kappa shape index (κ1) is 12.5. The van der Waals surface area contributed by atoms with Crippen molar-refractivity contribution in [1.82, 2.24) is 0 Å². The predicted octanol–water partition coefficient (Wildman–Crippen LogP) is 2.58. The van der Waals surface area contributed by atoms with Crippen LogP contribution in [-0.4, -0.2) is 27.4 Å². The quantitative estimate of drug-likeness (QED) is 0.835. The van der Waals surface area contributed by atoms with E-state index in [1.165, 1.54) is 0 Å². The van der Waals surface area contributed by atoms with Crippen molar-refractivity contribution in [3.63, 3.8) is 0 Å². The number of ether oxygens (including phenoxy) is 4. The van der Waals surface area contributed by atoms with Crippen LogP contribution in [0.25, 0.3) is 0 Å². The predicted molar refractivity (Wildman–Crippen MR) is 63.8 cm³/mol. The maximum Gasteiger partial charge on any atom is 0.195 e. The molecule has 1 aromatic rings. The van der Waals surface area contributed by atoms with Gasteiger partial charge in [-0.1, -0.05) is 11.6 Å². The molecular weight excluding hydrogens is 244 g/mol. The van der Waals surface area contributed by atoms with Crippen molar-refractivity contribution in [2.45, 2.75) is 12.7 Å². The fraction of sp³-hybridized carbons (Fsp3) is 0.500. The summed E-state index contributed by atoms with van der Waals surface area (Å²) in [4.78, 5) is 0. The van der Waals surface area contributed by atoms with Crippen LogP contribution in [0.2, 0.25) is 5.02 Å². The molecule has 5 heteroatoms. The molecule has 1 fully saturated rings. The van der Waals surface area contributed by atoms with Crippen LogP contribution in [0.5, 0.6) is 11.5 Å². The molecule has 1 saturated heterocycles. The van der Waals surface area contributed by atoms with Crippen LogP contribution in [0, 0.1) is 0 Å². The zero-order valence-corrected chi connectivity index (χ0v) is 10.8. The SMILES string of the molecule is COc1cc(OC)c(C2(C)OCCO2)cc1Cl. The number of hydrogen-bond donors (Lipinski definition) is 0. The third-order valence-corrected chi connectivity index (χ3v) is 3.10. The summed E-state index contributed by atoms with van der Waals surface area (Å²) in [7, 11) is 3.15. The second-order valence-electron chi connectivity index (χ2n) is 3.83. The average Bonchev–Trinajstić information content (AvgIpc) is 2.77. The van der Waals surface area contributed by atoms with Crippen molar-refractivity contribution in [3.05, 3.63) is 22.7 Å². The van der Waals surface area contributed by atoms with E-state index in [9.17, 15) is 0 Å². The standard InChI is InChI=1S/C12H15ClO4/c1-12(16-4-5-17-12)8-6-9(13)11(15-3)7-10(8)14-2/h6-7H,4-5H2,1-3H3. The fourth-order valence-corrected chi connectivity index (χ4v) is 2.13. The Bertz CT molecular complexity index is 413. The van der Waals surface area contributed by atoms with Gasteiger partial charge < -0.3 is 18.9 Å². The highest BCUT2D eigenvalue weighted by Gasteiger charge is 2.36. The maximum atomic E-state index is 6.11. The van der Waals surface area contributed by atoms with E-state index in [1.807, 2.05) is 6.92 Å². The number of rotatable bonds is 3. The van der Waals surface area contributed by atoms with Crippen LogP contribution in [0.4, 0.5) is 0 Å². The minimum atomic E-state index is -0.804. The lowest BCUT2D eigenvalue weighted by Gasteiger charge is -2.25. The molecule has 0 amide bonds. The molecule has 0 aromatic heterocycles. The van der Waals surface area contributed by atoms with Gasteiger partial charge in [-0.25, -0.2) is 0 Å². The first-order valence-corrected chi connectivity index (χ1v) is 5.68. The summed E-state index contributed by atoms with van der Waals surface area (Å²) in [6, 6.07) is 3.48. The molecule has 1 aliphatic rings. The topological polar surface area (TPSA) is 36.9 Å². The van der Waals surface area contributed by atoms with E-state index in [2.05, 4.69) is 0 Å². The van der Waals surface area contributed by atoms with Gasteiger partial charge in [0.15, 0.2) is 5.79 Å². The Balaban J connectivity index is 2.49. The normalized spacial score (nSPS) is 18.1. The van der Waals surface area contributed by atoms with Gasteiger partial charge in [-0.15, -0.1) is 0 Å². The fourth-order valence-electron chi connectivity index (χ4n) is 1.88. The van der Waals surface area contributed by atoms with Gasteiger partial charge in [0.1, 0.15) is 11.5 Å². The molecule has 0 radical (unpaired) electrons. The minimum absolute atomic E-state index is 0.503. The minimum Gasteiger partial charge on any atom is -0.496 e. The van der Waals surface area contributed by atoms with E-state index in [1.54, 1.807) is 26.4 Å². The molecular formula is C12H15ClO4. The molecule has 0 unspecified atom stereocenters. The van der Waals surface area contributed by atoms with Gasteiger partial charge >= 0.3 is 0 Å². The van der Waals surface area contributed by atoms with Gasteiger partial charge in [0, 0.05) is 6.07 Å². The Morgan fingerprint density at radius 2 is 1.71 bits per heavy atom. The average molecular weight is 259 g/mol. The summed E-state index contributed by atoms with van der Waals surface area (Å²) in [5.74, 6) is 0.394. The van der Waals surface area contributed by atoms with Crippen LogP contribution in [0.3, 0.4) is 0 Å². The molecule has 1 heterocycles. The van der Waals surface area contributed by atoms with Gasteiger partial charge in [0.2, 0.25) is 0 Å². The van der Waals surface area contributed by atoms with E-state index in [0.29, 0.717) is 29.7 Å². The van der Waals surface area contributed by atoms with Crippen molar-refractivity contribution in [2.24, 2.45) is 0 Å². The largest absolute Gasteiger partial charge is 0.496 e. The summed E-state index contributed by atoms with van der Waals surface area (Å²) in [5, 5.41) is 0.503. The molecule has 4 nitrogen and oxygen atoms in total. The Kier molecular flexibility index (Phi) is 3.47. The second-order valence-corrected chi connectivity index (χ2v) is 4.24.